The van der Waals surface area contributed by atoms with E-state index in [0.29, 0.717) is 0 Å². The Morgan fingerprint density at radius 1 is 1.09 bits per heavy atom. The second-order valence-electron chi connectivity index (χ2n) is 3.96. The van der Waals surface area contributed by atoms with Crippen molar-refractivity contribution in [3.05, 3.63) is 35.0 Å². The number of nitrogens with zero attached hydrogens (tertiary/aromatic N) is 3. The molecule has 108 valence electrons. The van der Waals surface area contributed by atoms with Gasteiger partial charge in [0.25, 0.3) is 0 Å². The minimum atomic E-state index is -1.30. The van der Waals surface area contributed by atoms with Gasteiger partial charge in [0.1, 0.15) is 23.9 Å². The van der Waals surface area contributed by atoms with Crippen LogP contribution in [0.5, 0.6) is 0 Å². The molecular weight excluding hydrogens is 286 g/mol. The van der Waals surface area contributed by atoms with E-state index in [-0.39, 0.29) is 28.5 Å². The topological polar surface area (TPSA) is 150 Å². The van der Waals surface area contributed by atoms with Crippen LogP contribution in [-0.2, 0) is 4.79 Å². The highest BCUT2D eigenvalue weighted by Gasteiger charge is 2.14. The van der Waals surface area contributed by atoms with E-state index in [4.69, 9.17) is 15.8 Å². The van der Waals surface area contributed by atoms with Gasteiger partial charge in [-0.2, -0.15) is 15.8 Å². The van der Waals surface area contributed by atoms with E-state index in [2.05, 4.69) is 10.6 Å². The predicted octanol–water partition coefficient (Wildman–Crippen LogP) is 1.58. The number of hydrogen-bond donors (Lipinski definition) is 3. The summed E-state index contributed by atoms with van der Waals surface area (Å²) in [5.74, 6) is -1.67. The van der Waals surface area contributed by atoms with Crippen LogP contribution >= 0.6 is 0 Å². The lowest BCUT2D eigenvalue weighted by atomic mass is 10.1. The molecule has 0 bridgehead atoms. The molecule has 0 spiro atoms. The second kappa shape index (κ2) is 7.09. The lowest BCUT2D eigenvalue weighted by Gasteiger charge is -2.10. The molecule has 0 aliphatic carbocycles. The number of aromatic carboxylic acids is 1. The van der Waals surface area contributed by atoms with Crippen molar-refractivity contribution in [1.82, 2.24) is 0 Å². The summed E-state index contributed by atoms with van der Waals surface area (Å²) in [4.78, 5) is 22.2. The highest BCUT2D eigenvalue weighted by molar-refractivity contribution is 5.98. The first-order valence-electron chi connectivity index (χ1n) is 5.79. The van der Waals surface area contributed by atoms with Crippen LogP contribution in [-0.4, -0.2) is 17.0 Å². The molecule has 0 heterocycles. The molecule has 1 amide bonds. The van der Waals surface area contributed by atoms with Crippen molar-refractivity contribution < 1.29 is 14.7 Å². The van der Waals surface area contributed by atoms with Crippen molar-refractivity contribution >= 4 is 23.3 Å². The van der Waals surface area contributed by atoms with Crippen LogP contribution in [0.3, 0.4) is 0 Å². The third-order valence-corrected chi connectivity index (χ3v) is 2.42. The molecule has 1 rings (SSSR count). The normalized spacial score (nSPS) is 8.64. The van der Waals surface area contributed by atoms with Crippen LogP contribution in [0.1, 0.15) is 17.3 Å². The fourth-order valence-corrected chi connectivity index (χ4v) is 1.53. The smallest absolute Gasteiger partial charge is 0.337 e. The SMILES string of the molecule is CC(=O)Nc1ccc(NC(C#N)=C(C#N)C#N)c(C(=O)O)c1. The van der Waals surface area contributed by atoms with E-state index >= 15 is 0 Å². The maximum Gasteiger partial charge on any atom is 0.337 e. The van der Waals surface area contributed by atoms with Gasteiger partial charge in [0.05, 0.1) is 11.3 Å². The Labute approximate surface area is 125 Å². The number of hydrogen-bond acceptors (Lipinski definition) is 6. The third kappa shape index (κ3) is 3.83. The number of carboxylic acid groups (broad SMARTS) is 1. The zero-order valence-corrected chi connectivity index (χ0v) is 11.3. The van der Waals surface area contributed by atoms with E-state index < -0.39 is 11.5 Å². The lowest BCUT2D eigenvalue weighted by Crippen LogP contribution is -2.10. The fraction of sp³-hybridized carbons (Fsp3) is 0.0714. The number of carbonyl (C=O) groups excluding carboxylic acids is 1. The molecule has 0 radical (unpaired) electrons. The molecule has 1 aromatic rings. The molecule has 22 heavy (non-hydrogen) atoms. The average Bonchev–Trinajstić information content (AvgIpc) is 2.47. The summed E-state index contributed by atoms with van der Waals surface area (Å²) in [6.45, 7) is 1.27. The highest BCUT2D eigenvalue weighted by Crippen LogP contribution is 2.23. The molecule has 0 aromatic heterocycles. The summed E-state index contributed by atoms with van der Waals surface area (Å²) in [5, 5.41) is 40.5. The summed E-state index contributed by atoms with van der Waals surface area (Å²) in [5.41, 5.74) is -0.779. The maximum atomic E-state index is 11.3. The van der Waals surface area contributed by atoms with Crippen LogP contribution in [0.25, 0.3) is 0 Å². The van der Waals surface area contributed by atoms with Crippen LogP contribution in [0.2, 0.25) is 0 Å². The molecule has 0 aliphatic rings. The summed E-state index contributed by atoms with van der Waals surface area (Å²) in [6, 6.07) is 8.63. The van der Waals surface area contributed by atoms with Crippen molar-refractivity contribution in [2.45, 2.75) is 6.92 Å². The van der Waals surface area contributed by atoms with Gasteiger partial charge >= 0.3 is 5.97 Å². The molecule has 8 nitrogen and oxygen atoms in total. The van der Waals surface area contributed by atoms with Gasteiger partial charge in [-0.25, -0.2) is 4.79 Å². The van der Waals surface area contributed by atoms with Crippen LogP contribution in [0, 0.1) is 34.0 Å². The number of anilines is 2. The quantitative estimate of drug-likeness (QED) is 0.713. The van der Waals surface area contributed by atoms with Crippen molar-refractivity contribution in [3.8, 4) is 18.2 Å². The summed E-state index contributed by atoms with van der Waals surface area (Å²) >= 11 is 0. The third-order valence-electron chi connectivity index (χ3n) is 2.42. The van der Waals surface area contributed by atoms with Crippen molar-refractivity contribution in [2.24, 2.45) is 0 Å². The first-order valence-corrected chi connectivity index (χ1v) is 5.79. The average molecular weight is 295 g/mol. The first-order chi connectivity index (χ1) is 10.4. The fourth-order valence-electron chi connectivity index (χ4n) is 1.53. The first kappa shape index (κ1) is 16.2. The Morgan fingerprint density at radius 3 is 2.18 bits per heavy atom. The van der Waals surface area contributed by atoms with Gasteiger partial charge in [-0.3, -0.25) is 4.79 Å². The Hall–Kier alpha value is -3.83. The Bertz CT molecular complexity index is 774. The molecule has 1 aromatic carbocycles. The minimum absolute atomic E-state index is 0.0150. The number of amides is 1. The largest absolute Gasteiger partial charge is 0.478 e. The van der Waals surface area contributed by atoms with Gasteiger partial charge < -0.3 is 15.7 Å². The van der Waals surface area contributed by atoms with Gasteiger partial charge in [-0.1, -0.05) is 0 Å². The second-order valence-corrected chi connectivity index (χ2v) is 3.96. The molecule has 0 saturated carbocycles. The van der Waals surface area contributed by atoms with Gasteiger partial charge in [-0.15, -0.1) is 0 Å². The molecule has 0 fully saturated rings. The summed E-state index contributed by atoms with van der Waals surface area (Å²) in [7, 11) is 0. The van der Waals surface area contributed by atoms with Crippen molar-refractivity contribution in [2.75, 3.05) is 10.6 Å². The maximum absolute atomic E-state index is 11.3. The molecule has 0 aliphatic heterocycles. The lowest BCUT2D eigenvalue weighted by molar-refractivity contribution is -0.114. The number of allylic oxidation sites excluding steroid dienone is 2. The standard InChI is InChI=1S/C14H9N5O3/c1-8(20)18-10-2-3-12(11(4-10)14(21)22)19-13(7-17)9(5-15)6-16/h2-4,19H,1H3,(H,18,20)(H,21,22). The number of rotatable bonds is 4. The Balaban J connectivity index is 3.32. The van der Waals surface area contributed by atoms with Crippen molar-refractivity contribution in [3.63, 3.8) is 0 Å². The molecule has 0 atom stereocenters. The van der Waals surface area contributed by atoms with Crippen LogP contribution in [0.15, 0.2) is 29.5 Å². The zero-order valence-electron chi connectivity index (χ0n) is 11.3. The molecule has 0 unspecified atom stereocenters. The van der Waals surface area contributed by atoms with Crippen LogP contribution in [0.4, 0.5) is 11.4 Å². The van der Waals surface area contributed by atoms with Gasteiger partial charge in [0.2, 0.25) is 5.91 Å². The zero-order chi connectivity index (χ0) is 16.7. The number of nitrogens with one attached hydrogen (secondary N) is 2. The summed E-state index contributed by atoms with van der Waals surface area (Å²) in [6.07, 6.45) is 0. The molecule has 0 saturated heterocycles. The van der Waals surface area contributed by atoms with Crippen molar-refractivity contribution in [1.29, 1.82) is 15.8 Å². The monoisotopic (exact) mass is 295 g/mol. The van der Waals surface area contributed by atoms with Gasteiger partial charge in [-0.05, 0) is 18.2 Å². The Kier molecular flexibility index (Phi) is 5.23. The van der Waals surface area contributed by atoms with E-state index in [1.807, 2.05) is 0 Å². The molecular formula is C14H9N5O3. The number of carbonyl (C=O) groups is 2. The van der Waals surface area contributed by atoms with E-state index in [0.717, 1.165) is 0 Å². The van der Waals surface area contributed by atoms with Gasteiger partial charge in [0, 0.05) is 12.6 Å². The van der Waals surface area contributed by atoms with E-state index in [9.17, 15) is 14.7 Å². The van der Waals surface area contributed by atoms with Gasteiger partial charge in [0.15, 0.2) is 5.57 Å². The highest BCUT2D eigenvalue weighted by atomic mass is 16.4. The number of carboxylic acids is 1. The minimum Gasteiger partial charge on any atom is -0.478 e. The number of benzene rings is 1. The predicted molar refractivity (Wildman–Crippen MR) is 75.2 cm³/mol. The molecule has 8 heteroatoms. The van der Waals surface area contributed by atoms with E-state index in [1.54, 1.807) is 6.07 Å². The molecule has 3 N–H and O–H groups in total. The Morgan fingerprint density at radius 2 is 1.73 bits per heavy atom. The number of nitriles is 3. The van der Waals surface area contributed by atoms with E-state index in [1.165, 1.54) is 37.3 Å². The summed E-state index contributed by atoms with van der Waals surface area (Å²) < 4.78 is 0. The van der Waals surface area contributed by atoms with Crippen LogP contribution < -0.4 is 10.6 Å².